The summed E-state index contributed by atoms with van der Waals surface area (Å²) in [5.41, 5.74) is 5.63. The third-order valence-electron chi connectivity index (χ3n) is 1.33. The maximum Gasteiger partial charge on any atom is -0.0124 e. The summed E-state index contributed by atoms with van der Waals surface area (Å²) >= 11 is 0.0435. The first-order chi connectivity index (χ1) is 4.84. The van der Waals surface area contributed by atoms with Crippen molar-refractivity contribution < 1.29 is 0 Å². The number of rotatable bonds is 2. The fourth-order valence-corrected chi connectivity index (χ4v) is 1.39. The van der Waals surface area contributed by atoms with Crippen LogP contribution in [0.3, 0.4) is 0 Å². The van der Waals surface area contributed by atoms with Gasteiger partial charge in [0.15, 0.2) is 0 Å². The van der Waals surface area contributed by atoms with Crippen LogP contribution < -0.4 is 0 Å². The molecule has 0 aliphatic heterocycles. The fraction of sp³-hybridized carbons (Fsp3) is 0.111. The van der Waals surface area contributed by atoms with Crippen molar-refractivity contribution in [2.75, 3.05) is 0 Å². The Balaban J connectivity index is 2.76. The highest BCUT2D eigenvalue weighted by Crippen LogP contribution is 2.14. The van der Waals surface area contributed by atoms with E-state index < -0.39 is 0 Å². The Morgan fingerprint density at radius 1 is 1.60 bits per heavy atom. The van der Waals surface area contributed by atoms with E-state index in [1.54, 1.807) is 0 Å². The van der Waals surface area contributed by atoms with Crippen molar-refractivity contribution in [3.8, 4) is 0 Å². The van der Waals surface area contributed by atoms with E-state index in [1.807, 2.05) is 12.2 Å². The Kier molecular flexibility index (Phi) is 2.84. The molecule has 1 aliphatic carbocycles. The van der Waals surface area contributed by atoms with Crippen LogP contribution in [-0.2, 0) is 0 Å². The van der Waals surface area contributed by atoms with Crippen molar-refractivity contribution >= 4 is 25.2 Å². The van der Waals surface area contributed by atoms with Gasteiger partial charge in [0.2, 0.25) is 0 Å². The highest BCUT2D eigenvalue weighted by molar-refractivity contribution is 14.2. The molecule has 52 valence electrons. The minimum atomic E-state index is 0.0435. The summed E-state index contributed by atoms with van der Waals surface area (Å²) < 4.78 is 5.99. The molecule has 0 fully saturated rings. The van der Waals surface area contributed by atoms with Crippen LogP contribution in [0.25, 0.3) is 0 Å². The molecule has 0 heterocycles. The van der Waals surface area contributed by atoms with Gasteiger partial charge in [-0.15, -0.1) is 26.5 Å². The molecule has 0 nitrogen and oxygen atoms in total. The Morgan fingerprint density at radius 2 is 2.40 bits per heavy atom. The quantitative estimate of drug-likeness (QED) is 0.517. The van der Waals surface area contributed by atoms with Gasteiger partial charge in [0.25, 0.3) is 0 Å². The lowest BCUT2D eigenvalue weighted by molar-refractivity contribution is 1.50. The topological polar surface area (TPSA) is 0 Å². The predicted octanol–water partition coefficient (Wildman–Crippen LogP) is 2.94. The number of hydrogen-bond acceptors (Lipinski definition) is 0. The maximum absolute atomic E-state index is 3.83. The van der Waals surface area contributed by atoms with Gasteiger partial charge >= 0.3 is 0 Å². The Labute approximate surface area is 71.4 Å². The van der Waals surface area contributed by atoms with E-state index in [0.29, 0.717) is 0 Å². The van der Waals surface area contributed by atoms with Crippen molar-refractivity contribution in [1.29, 1.82) is 0 Å². The molecule has 1 aliphatic rings. The van der Waals surface area contributed by atoms with Crippen molar-refractivity contribution in [2.45, 2.75) is 6.92 Å². The highest BCUT2D eigenvalue weighted by atomic mass is 127. The van der Waals surface area contributed by atoms with Gasteiger partial charge in [0.05, 0.1) is 0 Å². The van der Waals surface area contributed by atoms with Gasteiger partial charge in [-0.2, -0.15) is 0 Å². The van der Waals surface area contributed by atoms with Crippen molar-refractivity contribution in [2.24, 2.45) is 0 Å². The zero-order valence-corrected chi connectivity index (χ0v) is 8.05. The third kappa shape index (κ3) is 1.79. The van der Waals surface area contributed by atoms with Gasteiger partial charge in [-0.3, -0.25) is 0 Å². The summed E-state index contributed by atoms with van der Waals surface area (Å²) in [6.45, 7) is 2.09. The molecule has 0 radical (unpaired) electrons. The standard InChI is InChI=1S/C9H9I/c1-8-4-3-5-9(8)6-7-10-2/h4-7H,2H2,1H3/b7-6-. The van der Waals surface area contributed by atoms with Crippen LogP contribution >= 0.6 is 20.7 Å². The summed E-state index contributed by atoms with van der Waals surface area (Å²) in [7, 11) is 0. The maximum atomic E-state index is 3.83. The molecule has 10 heavy (non-hydrogen) atoms. The third-order valence-corrected chi connectivity index (χ3v) is 2.19. The smallest absolute Gasteiger partial charge is 0.0124 e. The van der Waals surface area contributed by atoms with Crippen LogP contribution in [-0.4, -0.2) is 4.51 Å². The van der Waals surface area contributed by atoms with E-state index in [2.05, 4.69) is 27.3 Å². The number of halogens is 1. The monoisotopic (exact) mass is 244 g/mol. The molecule has 1 heteroatoms. The van der Waals surface area contributed by atoms with Gasteiger partial charge in [0.1, 0.15) is 0 Å². The summed E-state index contributed by atoms with van der Waals surface area (Å²) in [6, 6.07) is 0. The van der Waals surface area contributed by atoms with E-state index in [0.717, 1.165) is 0 Å². The first-order valence-electron chi connectivity index (χ1n) is 3.01. The summed E-state index contributed by atoms with van der Waals surface area (Å²) in [4.78, 5) is 0. The molecule has 1 rings (SSSR count). The first-order valence-corrected chi connectivity index (χ1v) is 5.78. The second-order valence-electron chi connectivity index (χ2n) is 2.04. The Hall–Kier alpha value is -0.400. The molecular weight excluding hydrogens is 235 g/mol. The molecule has 0 unspecified atom stereocenters. The summed E-state index contributed by atoms with van der Waals surface area (Å²) in [6.07, 6.45) is 6.14. The fourth-order valence-electron chi connectivity index (χ4n) is 0.746. The Morgan fingerprint density at radius 3 is 2.90 bits per heavy atom. The van der Waals surface area contributed by atoms with Crippen molar-refractivity contribution in [3.63, 3.8) is 0 Å². The summed E-state index contributed by atoms with van der Waals surface area (Å²) in [5.74, 6) is 0. The van der Waals surface area contributed by atoms with Crippen LogP contribution in [0.2, 0.25) is 0 Å². The zero-order chi connectivity index (χ0) is 7.40. The lowest BCUT2D eigenvalue weighted by atomic mass is 10.2. The minimum Gasteiger partial charge on any atom is -0.120 e. The number of hydrogen-bond donors (Lipinski definition) is 0. The van der Waals surface area contributed by atoms with Crippen molar-refractivity contribution in [3.05, 3.63) is 39.2 Å². The SMILES string of the molecule is C=I/C=C\C1=C(C)C=C=C1. The lowest BCUT2D eigenvalue weighted by Gasteiger charge is -1.89. The molecule has 0 aromatic heterocycles. The van der Waals surface area contributed by atoms with Crippen LogP contribution in [0, 0.1) is 0 Å². The average Bonchev–Trinajstić information content (AvgIpc) is 2.31. The van der Waals surface area contributed by atoms with E-state index in [4.69, 9.17) is 0 Å². The number of allylic oxidation sites excluding steroid dienone is 4. The average molecular weight is 244 g/mol. The molecule has 0 N–H and O–H groups in total. The van der Waals surface area contributed by atoms with Crippen LogP contribution in [0.1, 0.15) is 6.92 Å². The minimum absolute atomic E-state index is 0.0435. The molecule has 0 aromatic carbocycles. The molecule has 0 aromatic rings. The summed E-state index contributed by atoms with van der Waals surface area (Å²) in [5, 5.41) is 0. The second-order valence-corrected chi connectivity index (χ2v) is 3.64. The zero-order valence-electron chi connectivity index (χ0n) is 5.89. The Bertz CT molecular complexity index is 260. The molecule has 0 spiro atoms. The lowest BCUT2D eigenvalue weighted by Crippen LogP contribution is -1.70. The largest absolute Gasteiger partial charge is 0.120 e. The van der Waals surface area contributed by atoms with Crippen molar-refractivity contribution in [1.82, 2.24) is 0 Å². The molecule has 0 saturated heterocycles. The van der Waals surface area contributed by atoms with E-state index in [9.17, 15) is 0 Å². The van der Waals surface area contributed by atoms with E-state index >= 15 is 0 Å². The predicted molar refractivity (Wildman–Crippen MR) is 55.6 cm³/mol. The van der Waals surface area contributed by atoms with Crippen LogP contribution in [0.5, 0.6) is 0 Å². The van der Waals surface area contributed by atoms with Crippen LogP contribution in [0.15, 0.2) is 39.2 Å². The normalized spacial score (nSPS) is 16.1. The van der Waals surface area contributed by atoms with Gasteiger partial charge in [-0.1, -0.05) is 4.51 Å². The van der Waals surface area contributed by atoms with Gasteiger partial charge in [-0.25, -0.2) is 0 Å². The van der Waals surface area contributed by atoms with Gasteiger partial charge in [0, 0.05) is 0 Å². The van der Waals surface area contributed by atoms with Crippen LogP contribution in [0.4, 0.5) is 0 Å². The van der Waals surface area contributed by atoms with Gasteiger partial charge < -0.3 is 0 Å². The van der Waals surface area contributed by atoms with E-state index in [1.165, 1.54) is 11.1 Å². The highest BCUT2D eigenvalue weighted by Gasteiger charge is 1.94. The molecule has 0 saturated carbocycles. The molecule has 0 bridgehead atoms. The molecule has 0 atom stereocenters. The molecule has 0 amide bonds. The second kappa shape index (κ2) is 3.69. The van der Waals surface area contributed by atoms with Gasteiger partial charge in [-0.05, 0) is 40.4 Å². The van der Waals surface area contributed by atoms with E-state index in [-0.39, 0.29) is 20.7 Å². The molecular formula is C9H9I. The first kappa shape index (κ1) is 7.70.